The van der Waals surface area contributed by atoms with Gasteiger partial charge in [0.25, 0.3) is 0 Å². The molecule has 118 valence electrons. The lowest BCUT2D eigenvalue weighted by molar-refractivity contribution is -0.116. The van der Waals surface area contributed by atoms with Crippen molar-refractivity contribution in [1.82, 2.24) is 4.57 Å². The Kier molecular flexibility index (Phi) is 3.15. The lowest BCUT2D eigenvalue weighted by atomic mass is 9.70. The Morgan fingerprint density at radius 3 is 2.70 bits per heavy atom. The number of para-hydroxylation sites is 1. The molecule has 0 saturated carbocycles. The molecule has 1 atom stereocenters. The molecule has 2 aromatic rings. The van der Waals surface area contributed by atoms with Gasteiger partial charge < -0.3 is 5.32 Å². The molecule has 0 radical (unpaired) electrons. The molecule has 0 unspecified atom stereocenters. The van der Waals surface area contributed by atoms with Gasteiger partial charge in [0.05, 0.1) is 0 Å². The smallest absolute Gasteiger partial charge is 0.230 e. The first-order valence-electron chi connectivity index (χ1n) is 8.29. The Hall–Kier alpha value is -2.36. The molecular weight excluding hydrogens is 288 g/mol. The number of anilines is 1. The zero-order valence-corrected chi connectivity index (χ0v) is 13.3. The largest absolute Gasteiger partial charge is 0.326 e. The number of hydrogen-bond donors (Lipinski definition) is 1. The van der Waals surface area contributed by atoms with Crippen LogP contribution in [0.5, 0.6) is 0 Å². The molecule has 2 aliphatic heterocycles. The van der Waals surface area contributed by atoms with Crippen LogP contribution in [0.1, 0.15) is 49.5 Å². The highest BCUT2D eigenvalue weighted by Gasteiger charge is 2.41. The van der Waals surface area contributed by atoms with Gasteiger partial charge in [0.1, 0.15) is 0 Å². The predicted molar refractivity (Wildman–Crippen MR) is 89.6 cm³/mol. The van der Waals surface area contributed by atoms with Gasteiger partial charge in [-0.25, -0.2) is 0 Å². The fourth-order valence-corrected chi connectivity index (χ4v) is 4.14. The number of hydrogen-bond acceptors (Lipinski definition) is 2. The zero-order valence-electron chi connectivity index (χ0n) is 13.3. The molecule has 0 saturated heterocycles. The van der Waals surface area contributed by atoms with E-state index in [2.05, 4.69) is 12.2 Å². The van der Waals surface area contributed by atoms with E-state index in [1.54, 1.807) is 0 Å². The second-order valence-electron chi connectivity index (χ2n) is 6.57. The van der Waals surface area contributed by atoms with Crippen LogP contribution in [0.2, 0.25) is 0 Å². The summed E-state index contributed by atoms with van der Waals surface area (Å²) in [5, 5.41) is 3.04. The number of benzene rings is 1. The van der Waals surface area contributed by atoms with E-state index >= 15 is 0 Å². The maximum Gasteiger partial charge on any atom is 0.230 e. The third-order valence-electron chi connectivity index (χ3n) is 5.47. The molecule has 4 rings (SSSR count). The Morgan fingerprint density at radius 2 is 1.87 bits per heavy atom. The fraction of sp³-hybridized carbons (Fsp3) is 0.368. The summed E-state index contributed by atoms with van der Waals surface area (Å²) < 4.78 is 1.83. The molecule has 1 amide bonds. The average molecular weight is 308 g/mol. The van der Waals surface area contributed by atoms with Gasteiger partial charge in [-0.2, -0.15) is 0 Å². The third kappa shape index (κ3) is 2.05. The van der Waals surface area contributed by atoms with E-state index in [0.29, 0.717) is 12.8 Å². The second kappa shape index (κ2) is 5.08. The Bertz CT molecular complexity index is 805. The second-order valence-corrected chi connectivity index (χ2v) is 6.57. The number of aromatic nitrogens is 1. The topological polar surface area (TPSA) is 51.1 Å². The molecule has 1 aromatic carbocycles. The quantitative estimate of drug-likeness (QED) is 0.866. The highest BCUT2D eigenvalue weighted by atomic mass is 16.2. The van der Waals surface area contributed by atoms with E-state index in [0.717, 1.165) is 41.8 Å². The molecular formula is C19H20N2O2. The lowest BCUT2D eigenvalue weighted by Gasteiger charge is -2.38. The Balaban J connectivity index is 2.03. The van der Waals surface area contributed by atoms with Gasteiger partial charge in [-0.15, -0.1) is 0 Å². The van der Waals surface area contributed by atoms with E-state index in [1.165, 1.54) is 0 Å². The molecule has 3 heterocycles. The lowest BCUT2D eigenvalue weighted by Crippen LogP contribution is -2.37. The number of amides is 1. The molecule has 1 aromatic heterocycles. The van der Waals surface area contributed by atoms with Crippen LogP contribution in [0.3, 0.4) is 0 Å². The summed E-state index contributed by atoms with van der Waals surface area (Å²) in [6, 6.07) is 9.89. The van der Waals surface area contributed by atoms with Gasteiger partial charge in [0.15, 0.2) is 0 Å². The van der Waals surface area contributed by atoms with E-state index in [1.807, 2.05) is 41.1 Å². The first-order chi connectivity index (χ1) is 11.1. The summed E-state index contributed by atoms with van der Waals surface area (Å²) >= 11 is 0. The van der Waals surface area contributed by atoms with E-state index in [-0.39, 0.29) is 17.2 Å². The normalized spacial score (nSPS) is 23.2. The van der Waals surface area contributed by atoms with Crippen molar-refractivity contribution in [3.63, 3.8) is 0 Å². The molecule has 0 fully saturated rings. The molecule has 1 N–H and O–H groups in total. The molecule has 0 spiro atoms. The van der Waals surface area contributed by atoms with Crippen LogP contribution in [0, 0.1) is 0 Å². The van der Waals surface area contributed by atoms with Crippen molar-refractivity contribution >= 4 is 17.5 Å². The van der Waals surface area contributed by atoms with Gasteiger partial charge in [-0.3, -0.25) is 14.2 Å². The molecule has 4 heteroatoms. The molecule has 2 aliphatic rings. The SMILES string of the molecule is CC[C@]12CCC(=O)Nc3ccccc3-c3ccn(c31)C(=O)CC2. The van der Waals surface area contributed by atoms with Gasteiger partial charge in [0, 0.05) is 47.0 Å². The van der Waals surface area contributed by atoms with Crippen molar-refractivity contribution in [2.75, 3.05) is 5.32 Å². The van der Waals surface area contributed by atoms with E-state index in [4.69, 9.17) is 0 Å². The first-order valence-corrected chi connectivity index (χ1v) is 8.29. The average Bonchev–Trinajstić information content (AvgIpc) is 3.02. The van der Waals surface area contributed by atoms with Crippen molar-refractivity contribution in [2.45, 2.75) is 44.4 Å². The summed E-state index contributed by atoms with van der Waals surface area (Å²) in [6.07, 6.45) is 5.49. The minimum Gasteiger partial charge on any atom is -0.326 e. The van der Waals surface area contributed by atoms with Crippen molar-refractivity contribution in [1.29, 1.82) is 0 Å². The number of carbonyl (C=O) groups excluding carboxylic acids is 2. The van der Waals surface area contributed by atoms with Crippen LogP contribution < -0.4 is 5.32 Å². The number of fused-ring (bicyclic) bond motifs is 2. The van der Waals surface area contributed by atoms with Gasteiger partial charge >= 0.3 is 0 Å². The van der Waals surface area contributed by atoms with Crippen LogP contribution in [0.25, 0.3) is 11.1 Å². The number of nitrogens with zero attached hydrogens (tertiary/aromatic N) is 1. The maximum atomic E-state index is 12.4. The molecule has 0 aliphatic carbocycles. The van der Waals surface area contributed by atoms with Crippen LogP contribution in [0.4, 0.5) is 5.69 Å². The Labute approximate surface area is 135 Å². The van der Waals surface area contributed by atoms with Gasteiger partial charge in [-0.1, -0.05) is 25.1 Å². The molecule has 23 heavy (non-hydrogen) atoms. The summed E-state index contributed by atoms with van der Waals surface area (Å²) in [6.45, 7) is 2.17. The van der Waals surface area contributed by atoms with Gasteiger partial charge in [-0.05, 0) is 31.4 Å². The minimum absolute atomic E-state index is 0.0545. The van der Waals surface area contributed by atoms with Crippen LogP contribution in [0.15, 0.2) is 36.5 Å². The van der Waals surface area contributed by atoms with Crippen molar-refractivity contribution in [3.8, 4) is 11.1 Å². The standard InChI is InChI=1S/C19H20N2O2/c1-2-19-10-7-16(22)20-15-6-4-3-5-13(15)14-9-12-21(18(14)19)17(23)8-11-19/h3-6,9,12H,2,7-8,10-11H2,1H3,(H,20,22)/t19-/m1/s1. The van der Waals surface area contributed by atoms with Crippen LogP contribution in [-0.2, 0) is 10.2 Å². The third-order valence-corrected chi connectivity index (χ3v) is 5.47. The van der Waals surface area contributed by atoms with Crippen molar-refractivity contribution < 1.29 is 9.59 Å². The number of nitrogens with one attached hydrogen (secondary N) is 1. The van der Waals surface area contributed by atoms with Crippen molar-refractivity contribution in [3.05, 3.63) is 42.2 Å². The number of rotatable bonds is 1. The first kappa shape index (κ1) is 14.2. The monoisotopic (exact) mass is 308 g/mol. The summed E-state index contributed by atoms with van der Waals surface area (Å²) in [5.41, 5.74) is 3.92. The van der Waals surface area contributed by atoms with E-state index in [9.17, 15) is 9.59 Å². The zero-order chi connectivity index (χ0) is 16.0. The molecule has 0 bridgehead atoms. The maximum absolute atomic E-state index is 12.4. The summed E-state index contributed by atoms with van der Waals surface area (Å²) in [5.74, 6) is 0.213. The summed E-state index contributed by atoms with van der Waals surface area (Å²) in [4.78, 5) is 24.7. The predicted octanol–water partition coefficient (Wildman–Crippen LogP) is 3.97. The minimum atomic E-state index is -0.0957. The summed E-state index contributed by atoms with van der Waals surface area (Å²) in [7, 11) is 0. The number of carbonyl (C=O) groups is 2. The van der Waals surface area contributed by atoms with Crippen molar-refractivity contribution in [2.24, 2.45) is 0 Å². The fourth-order valence-electron chi connectivity index (χ4n) is 4.14. The Morgan fingerprint density at radius 1 is 1.09 bits per heavy atom. The van der Waals surface area contributed by atoms with Crippen LogP contribution >= 0.6 is 0 Å². The highest BCUT2D eigenvalue weighted by molar-refractivity contribution is 5.97. The molecule has 4 nitrogen and oxygen atoms in total. The van der Waals surface area contributed by atoms with Gasteiger partial charge in [0.2, 0.25) is 11.8 Å². The van der Waals surface area contributed by atoms with E-state index < -0.39 is 0 Å². The van der Waals surface area contributed by atoms with Crippen LogP contribution in [-0.4, -0.2) is 16.4 Å². The highest BCUT2D eigenvalue weighted by Crippen LogP contribution is 2.47.